The number of hydrogen-bond acceptors (Lipinski definition) is 3. The second-order valence-corrected chi connectivity index (χ2v) is 5.37. The highest BCUT2D eigenvalue weighted by molar-refractivity contribution is 5.80. The highest BCUT2D eigenvalue weighted by Crippen LogP contribution is 2.14. The molecule has 1 atom stereocenters. The summed E-state index contributed by atoms with van der Waals surface area (Å²) in [5.74, 6) is 1.39. The van der Waals surface area contributed by atoms with Gasteiger partial charge in [-0.15, -0.1) is 0 Å². The Morgan fingerprint density at radius 1 is 1.04 bits per heavy atom. The van der Waals surface area contributed by atoms with Crippen LogP contribution >= 0.6 is 0 Å². The van der Waals surface area contributed by atoms with E-state index in [-0.39, 0.29) is 5.91 Å². The molecular weight excluding hydrogens is 290 g/mol. The van der Waals surface area contributed by atoms with E-state index >= 15 is 0 Å². The predicted octanol–water partition coefficient (Wildman–Crippen LogP) is 3.48. The molecule has 122 valence electrons. The van der Waals surface area contributed by atoms with Crippen molar-refractivity contribution in [1.82, 2.24) is 5.32 Å². The molecule has 2 aromatic rings. The third-order valence-corrected chi connectivity index (χ3v) is 3.40. The molecule has 0 bridgehead atoms. The number of carbonyl (C=O) groups excluding carboxylic acids is 1. The van der Waals surface area contributed by atoms with Gasteiger partial charge in [0, 0.05) is 6.54 Å². The third-order valence-electron chi connectivity index (χ3n) is 3.40. The van der Waals surface area contributed by atoms with E-state index in [2.05, 4.69) is 5.32 Å². The molecule has 0 saturated heterocycles. The van der Waals surface area contributed by atoms with Gasteiger partial charge in [-0.05, 0) is 50.6 Å². The van der Waals surface area contributed by atoms with Gasteiger partial charge in [0.1, 0.15) is 11.5 Å². The number of amides is 1. The summed E-state index contributed by atoms with van der Waals surface area (Å²) in [4.78, 5) is 12.1. The first-order valence-electron chi connectivity index (χ1n) is 7.81. The summed E-state index contributed by atoms with van der Waals surface area (Å²) in [7, 11) is 0. The molecule has 4 nitrogen and oxygen atoms in total. The fourth-order valence-electron chi connectivity index (χ4n) is 2.08. The maximum atomic E-state index is 12.1. The van der Waals surface area contributed by atoms with E-state index in [0.29, 0.717) is 18.9 Å². The Morgan fingerprint density at radius 3 is 2.26 bits per heavy atom. The van der Waals surface area contributed by atoms with Crippen LogP contribution in [0.25, 0.3) is 0 Å². The first-order valence-corrected chi connectivity index (χ1v) is 7.81. The normalized spacial score (nSPS) is 11.6. The Balaban J connectivity index is 1.82. The smallest absolute Gasteiger partial charge is 0.261 e. The second-order valence-electron chi connectivity index (χ2n) is 5.37. The van der Waals surface area contributed by atoms with Crippen LogP contribution in [-0.2, 0) is 11.3 Å². The molecule has 0 aliphatic carbocycles. The summed E-state index contributed by atoms with van der Waals surface area (Å²) in [6, 6.07) is 15.3. The van der Waals surface area contributed by atoms with Crippen LogP contribution in [0.1, 0.15) is 25.0 Å². The molecule has 4 heteroatoms. The zero-order valence-electron chi connectivity index (χ0n) is 13.8. The van der Waals surface area contributed by atoms with E-state index in [4.69, 9.17) is 9.47 Å². The second kappa shape index (κ2) is 8.22. The van der Waals surface area contributed by atoms with Gasteiger partial charge in [0.25, 0.3) is 5.91 Å². The van der Waals surface area contributed by atoms with Gasteiger partial charge in [0.2, 0.25) is 0 Å². The van der Waals surface area contributed by atoms with Crippen molar-refractivity contribution in [1.29, 1.82) is 0 Å². The van der Waals surface area contributed by atoms with Crippen molar-refractivity contribution >= 4 is 5.91 Å². The minimum absolute atomic E-state index is 0.139. The zero-order valence-corrected chi connectivity index (χ0v) is 13.8. The summed E-state index contributed by atoms with van der Waals surface area (Å²) in [6.07, 6.45) is -0.541. The molecule has 0 radical (unpaired) electrons. The Bertz CT molecular complexity index is 620. The number of nitrogens with one attached hydrogen (secondary N) is 1. The highest BCUT2D eigenvalue weighted by atomic mass is 16.5. The van der Waals surface area contributed by atoms with Gasteiger partial charge < -0.3 is 14.8 Å². The summed E-state index contributed by atoms with van der Waals surface area (Å²) in [5.41, 5.74) is 2.18. The van der Waals surface area contributed by atoms with E-state index in [1.807, 2.05) is 62.4 Å². The Hall–Kier alpha value is -2.49. The number of aryl methyl sites for hydroxylation is 1. The number of carbonyl (C=O) groups is 1. The SMILES string of the molecule is CCOc1ccc(CNC(=O)[C@H](C)Oc2ccc(C)cc2)cc1. The van der Waals surface area contributed by atoms with E-state index < -0.39 is 6.10 Å². The van der Waals surface area contributed by atoms with Gasteiger partial charge in [0.15, 0.2) is 6.10 Å². The first kappa shape index (κ1) is 16.9. The van der Waals surface area contributed by atoms with E-state index in [1.54, 1.807) is 6.92 Å². The summed E-state index contributed by atoms with van der Waals surface area (Å²) >= 11 is 0. The van der Waals surface area contributed by atoms with Gasteiger partial charge in [-0.2, -0.15) is 0 Å². The van der Waals surface area contributed by atoms with Crippen LogP contribution in [0.5, 0.6) is 11.5 Å². The summed E-state index contributed by atoms with van der Waals surface area (Å²) < 4.78 is 11.0. The zero-order chi connectivity index (χ0) is 16.7. The molecule has 0 fully saturated rings. The maximum absolute atomic E-state index is 12.1. The molecule has 0 aliphatic heterocycles. The Morgan fingerprint density at radius 2 is 1.65 bits per heavy atom. The lowest BCUT2D eigenvalue weighted by Crippen LogP contribution is -2.35. The molecule has 2 rings (SSSR count). The van der Waals surface area contributed by atoms with Gasteiger partial charge in [0.05, 0.1) is 6.61 Å². The van der Waals surface area contributed by atoms with Crippen molar-refractivity contribution in [3.8, 4) is 11.5 Å². The first-order chi connectivity index (χ1) is 11.1. The summed E-state index contributed by atoms with van der Waals surface area (Å²) in [6.45, 7) is 6.81. The highest BCUT2D eigenvalue weighted by Gasteiger charge is 2.14. The van der Waals surface area contributed by atoms with Crippen LogP contribution in [0.2, 0.25) is 0 Å². The number of rotatable bonds is 7. The van der Waals surface area contributed by atoms with E-state index in [1.165, 1.54) is 0 Å². The average molecular weight is 313 g/mol. The van der Waals surface area contributed by atoms with Crippen LogP contribution in [0.4, 0.5) is 0 Å². The van der Waals surface area contributed by atoms with Crippen LogP contribution in [0.3, 0.4) is 0 Å². The van der Waals surface area contributed by atoms with Crippen molar-refractivity contribution < 1.29 is 14.3 Å². The van der Waals surface area contributed by atoms with Gasteiger partial charge in [-0.25, -0.2) is 0 Å². The van der Waals surface area contributed by atoms with Crippen molar-refractivity contribution in [2.45, 2.75) is 33.4 Å². The number of benzene rings is 2. The minimum atomic E-state index is -0.541. The molecule has 0 unspecified atom stereocenters. The van der Waals surface area contributed by atoms with E-state index in [9.17, 15) is 4.79 Å². The molecule has 0 aromatic heterocycles. The van der Waals surface area contributed by atoms with Crippen LogP contribution < -0.4 is 14.8 Å². The maximum Gasteiger partial charge on any atom is 0.261 e. The molecule has 23 heavy (non-hydrogen) atoms. The monoisotopic (exact) mass is 313 g/mol. The van der Waals surface area contributed by atoms with Crippen LogP contribution in [-0.4, -0.2) is 18.6 Å². The Labute approximate surface area is 137 Å². The Kier molecular flexibility index (Phi) is 6.03. The standard InChI is InChI=1S/C19H23NO3/c1-4-22-17-11-7-16(8-12-17)13-20-19(21)15(3)23-18-9-5-14(2)6-10-18/h5-12,15H,4,13H2,1-3H3,(H,20,21)/t15-/m0/s1. The molecule has 2 aromatic carbocycles. The van der Waals surface area contributed by atoms with Crippen LogP contribution in [0.15, 0.2) is 48.5 Å². The van der Waals surface area contributed by atoms with Crippen molar-refractivity contribution in [2.24, 2.45) is 0 Å². The fraction of sp³-hybridized carbons (Fsp3) is 0.316. The van der Waals surface area contributed by atoms with Gasteiger partial charge >= 0.3 is 0 Å². The van der Waals surface area contributed by atoms with Crippen molar-refractivity contribution in [3.05, 3.63) is 59.7 Å². The molecule has 1 amide bonds. The number of ether oxygens (including phenoxy) is 2. The molecule has 0 saturated carbocycles. The average Bonchev–Trinajstić information content (AvgIpc) is 2.56. The molecule has 0 aliphatic rings. The quantitative estimate of drug-likeness (QED) is 0.851. The molecular formula is C19H23NO3. The topological polar surface area (TPSA) is 47.6 Å². The molecule has 0 heterocycles. The third kappa shape index (κ3) is 5.33. The van der Waals surface area contributed by atoms with E-state index in [0.717, 1.165) is 16.9 Å². The largest absolute Gasteiger partial charge is 0.494 e. The van der Waals surface area contributed by atoms with Crippen LogP contribution in [0, 0.1) is 6.92 Å². The van der Waals surface area contributed by atoms with Gasteiger partial charge in [-0.3, -0.25) is 4.79 Å². The van der Waals surface area contributed by atoms with Gasteiger partial charge in [-0.1, -0.05) is 29.8 Å². The minimum Gasteiger partial charge on any atom is -0.494 e. The van der Waals surface area contributed by atoms with Crippen molar-refractivity contribution in [2.75, 3.05) is 6.61 Å². The molecule has 0 spiro atoms. The fourth-order valence-corrected chi connectivity index (χ4v) is 2.08. The lowest BCUT2D eigenvalue weighted by Gasteiger charge is -2.15. The molecule has 1 N–H and O–H groups in total. The number of hydrogen-bond donors (Lipinski definition) is 1. The lowest BCUT2D eigenvalue weighted by atomic mass is 10.2. The predicted molar refractivity (Wildman–Crippen MR) is 90.7 cm³/mol. The summed E-state index contributed by atoms with van der Waals surface area (Å²) in [5, 5.41) is 2.88. The van der Waals surface area contributed by atoms with Crippen molar-refractivity contribution in [3.63, 3.8) is 0 Å². The lowest BCUT2D eigenvalue weighted by molar-refractivity contribution is -0.127.